The molecule has 4 N–H and O–H groups in total. The van der Waals surface area contributed by atoms with Crippen molar-refractivity contribution >= 4 is 41.5 Å². The Morgan fingerprint density at radius 1 is 1.31 bits per heavy atom. The fourth-order valence-electron chi connectivity index (χ4n) is 2.94. The largest absolute Gasteiger partial charge is 0.493 e. The van der Waals surface area contributed by atoms with Crippen molar-refractivity contribution in [3.63, 3.8) is 0 Å². The van der Waals surface area contributed by atoms with Crippen molar-refractivity contribution in [3.8, 4) is 5.75 Å². The summed E-state index contributed by atoms with van der Waals surface area (Å²) in [5, 5.41) is 14.4. The van der Waals surface area contributed by atoms with Crippen LogP contribution in [0.1, 0.15) is 30.5 Å². The number of aliphatic imine (C=N–C) groups is 1. The third kappa shape index (κ3) is 4.81. The zero-order valence-electron chi connectivity index (χ0n) is 14.5. The van der Waals surface area contributed by atoms with E-state index in [0.717, 1.165) is 17.7 Å². The van der Waals surface area contributed by atoms with E-state index in [9.17, 15) is 5.11 Å². The van der Waals surface area contributed by atoms with Gasteiger partial charge in [-0.1, -0.05) is 48.0 Å². The summed E-state index contributed by atoms with van der Waals surface area (Å²) in [5.74, 6) is 1.15. The number of benzene rings is 2. The highest BCUT2D eigenvalue weighted by atomic mass is 127. The number of guanidine groups is 1. The van der Waals surface area contributed by atoms with Crippen molar-refractivity contribution in [2.24, 2.45) is 10.7 Å². The van der Waals surface area contributed by atoms with E-state index in [0.29, 0.717) is 17.2 Å². The molecule has 3 rings (SSSR count). The number of para-hydroxylation sites is 1. The van der Waals surface area contributed by atoms with Gasteiger partial charge in [-0.3, -0.25) is 4.99 Å². The number of aliphatic hydroxyl groups is 1. The molecule has 0 aliphatic carbocycles. The third-order valence-corrected chi connectivity index (χ3v) is 4.62. The highest BCUT2D eigenvalue weighted by Gasteiger charge is 2.26. The van der Waals surface area contributed by atoms with Crippen LogP contribution < -0.4 is 15.8 Å². The van der Waals surface area contributed by atoms with Crippen LogP contribution in [-0.2, 0) is 5.60 Å². The fraction of sp³-hybridized carbons (Fsp3) is 0.316. The highest BCUT2D eigenvalue weighted by molar-refractivity contribution is 14.0. The summed E-state index contributed by atoms with van der Waals surface area (Å²) >= 11 is 6.17. The first-order valence-electron chi connectivity index (χ1n) is 8.23. The van der Waals surface area contributed by atoms with Crippen molar-refractivity contribution in [3.05, 3.63) is 64.7 Å². The van der Waals surface area contributed by atoms with E-state index in [1.807, 2.05) is 36.4 Å². The maximum atomic E-state index is 10.7. The first-order valence-corrected chi connectivity index (χ1v) is 8.61. The van der Waals surface area contributed by atoms with Gasteiger partial charge < -0.3 is 20.9 Å². The predicted octanol–water partition coefficient (Wildman–Crippen LogP) is 3.59. The summed E-state index contributed by atoms with van der Waals surface area (Å²) in [6.07, 6.45) is 0.800. The minimum absolute atomic E-state index is 0. The monoisotopic (exact) mass is 487 g/mol. The van der Waals surface area contributed by atoms with Crippen molar-refractivity contribution in [1.29, 1.82) is 0 Å². The Morgan fingerprint density at radius 2 is 2.00 bits per heavy atom. The second kappa shape index (κ2) is 8.92. The molecule has 26 heavy (non-hydrogen) atoms. The number of fused-ring (bicyclic) bond motifs is 1. The first kappa shape index (κ1) is 20.8. The average molecular weight is 488 g/mol. The van der Waals surface area contributed by atoms with Gasteiger partial charge in [-0.2, -0.15) is 0 Å². The summed E-state index contributed by atoms with van der Waals surface area (Å²) < 4.78 is 5.65. The van der Waals surface area contributed by atoms with Crippen LogP contribution in [-0.4, -0.2) is 24.2 Å². The molecular formula is C19H23ClIN3O2. The maximum absolute atomic E-state index is 10.7. The fourth-order valence-corrected chi connectivity index (χ4v) is 3.28. The number of hydrogen-bond donors (Lipinski definition) is 3. The molecule has 2 unspecified atom stereocenters. The molecule has 7 heteroatoms. The van der Waals surface area contributed by atoms with Crippen LogP contribution in [0.3, 0.4) is 0 Å². The molecule has 0 amide bonds. The molecule has 0 aromatic heterocycles. The molecule has 1 heterocycles. The van der Waals surface area contributed by atoms with Crippen LogP contribution in [0, 0.1) is 0 Å². The molecule has 0 radical (unpaired) electrons. The number of ether oxygens (including phenoxy) is 1. The summed E-state index contributed by atoms with van der Waals surface area (Å²) in [4.78, 5) is 4.31. The molecule has 0 bridgehead atoms. The molecule has 1 aliphatic rings. The molecule has 2 aromatic carbocycles. The van der Waals surface area contributed by atoms with E-state index in [-0.39, 0.29) is 42.5 Å². The molecular weight excluding hydrogens is 465 g/mol. The van der Waals surface area contributed by atoms with Gasteiger partial charge in [0.1, 0.15) is 11.4 Å². The van der Waals surface area contributed by atoms with E-state index >= 15 is 0 Å². The predicted molar refractivity (Wildman–Crippen MR) is 115 cm³/mol. The molecule has 0 fully saturated rings. The second-order valence-corrected chi connectivity index (χ2v) is 6.73. The van der Waals surface area contributed by atoms with E-state index in [4.69, 9.17) is 22.1 Å². The number of hydrogen-bond acceptors (Lipinski definition) is 3. The van der Waals surface area contributed by atoms with Gasteiger partial charge in [0.2, 0.25) is 0 Å². The third-order valence-electron chi connectivity index (χ3n) is 4.29. The van der Waals surface area contributed by atoms with Crippen LogP contribution >= 0.6 is 35.6 Å². The number of rotatable bonds is 4. The number of halogens is 2. The van der Waals surface area contributed by atoms with E-state index in [1.165, 1.54) is 0 Å². The Balaban J connectivity index is 0.00000243. The van der Waals surface area contributed by atoms with Gasteiger partial charge in [-0.25, -0.2) is 0 Å². The summed E-state index contributed by atoms with van der Waals surface area (Å²) in [5.41, 5.74) is 6.53. The Kier molecular flexibility index (Phi) is 7.14. The highest BCUT2D eigenvalue weighted by Crippen LogP contribution is 2.31. The van der Waals surface area contributed by atoms with Gasteiger partial charge in [0, 0.05) is 22.6 Å². The molecule has 2 atom stereocenters. The minimum atomic E-state index is -1.20. The Morgan fingerprint density at radius 3 is 2.77 bits per heavy atom. The smallest absolute Gasteiger partial charge is 0.189 e. The van der Waals surface area contributed by atoms with Gasteiger partial charge in [0.05, 0.1) is 19.2 Å². The zero-order chi connectivity index (χ0) is 17.9. The van der Waals surface area contributed by atoms with Crippen LogP contribution in [0.4, 0.5) is 0 Å². The van der Waals surface area contributed by atoms with Crippen molar-refractivity contribution in [1.82, 2.24) is 5.32 Å². The lowest BCUT2D eigenvalue weighted by Crippen LogP contribution is -2.38. The van der Waals surface area contributed by atoms with Gasteiger partial charge in [0.15, 0.2) is 5.96 Å². The van der Waals surface area contributed by atoms with Gasteiger partial charge in [-0.05, 0) is 19.1 Å². The standard InChI is InChI=1S/C19H22ClN3O2.HI/c1-19(24,14-7-3-4-8-15(14)20)12-22-18(21)23-16-10-11-25-17-9-5-2-6-13(16)17;/h2-9,16,24H,10-12H2,1H3,(H3,21,22,23);1H. The van der Waals surface area contributed by atoms with Crippen molar-refractivity contribution in [2.75, 3.05) is 13.2 Å². The maximum Gasteiger partial charge on any atom is 0.189 e. The SMILES string of the molecule is CC(O)(CN=C(N)NC1CCOc2ccccc21)c1ccccc1Cl.I. The van der Waals surface area contributed by atoms with Gasteiger partial charge >= 0.3 is 0 Å². The van der Waals surface area contributed by atoms with Crippen LogP contribution in [0.2, 0.25) is 5.02 Å². The molecule has 5 nitrogen and oxygen atoms in total. The Labute approximate surface area is 175 Å². The van der Waals surface area contributed by atoms with Crippen LogP contribution in [0.5, 0.6) is 5.75 Å². The molecule has 0 saturated carbocycles. The van der Waals surface area contributed by atoms with Crippen molar-refractivity contribution < 1.29 is 9.84 Å². The topological polar surface area (TPSA) is 79.9 Å². The van der Waals surface area contributed by atoms with E-state index in [1.54, 1.807) is 19.1 Å². The number of nitrogens with zero attached hydrogens (tertiary/aromatic N) is 1. The van der Waals surface area contributed by atoms with Gasteiger partial charge in [0.25, 0.3) is 0 Å². The lowest BCUT2D eigenvalue weighted by molar-refractivity contribution is 0.0674. The van der Waals surface area contributed by atoms with Crippen molar-refractivity contribution in [2.45, 2.75) is 25.0 Å². The zero-order valence-corrected chi connectivity index (χ0v) is 17.6. The molecule has 0 spiro atoms. The summed E-state index contributed by atoms with van der Waals surface area (Å²) in [7, 11) is 0. The lowest BCUT2D eigenvalue weighted by Gasteiger charge is -2.27. The van der Waals surface area contributed by atoms with Crippen LogP contribution in [0.25, 0.3) is 0 Å². The summed E-state index contributed by atoms with van der Waals surface area (Å²) in [6.45, 7) is 2.41. The average Bonchev–Trinajstić information content (AvgIpc) is 2.61. The molecule has 140 valence electrons. The number of nitrogens with one attached hydrogen (secondary N) is 1. The molecule has 0 saturated heterocycles. The second-order valence-electron chi connectivity index (χ2n) is 6.33. The number of nitrogens with two attached hydrogens (primary N) is 1. The lowest BCUT2D eigenvalue weighted by atomic mass is 9.96. The molecule has 2 aromatic rings. The van der Waals surface area contributed by atoms with E-state index in [2.05, 4.69) is 10.3 Å². The minimum Gasteiger partial charge on any atom is -0.493 e. The van der Waals surface area contributed by atoms with Gasteiger partial charge in [-0.15, -0.1) is 24.0 Å². The first-order chi connectivity index (χ1) is 12.0. The quantitative estimate of drug-likeness (QED) is 0.350. The Bertz CT molecular complexity index is 783. The summed E-state index contributed by atoms with van der Waals surface area (Å²) in [6, 6.07) is 15.1. The van der Waals surface area contributed by atoms with E-state index < -0.39 is 5.60 Å². The van der Waals surface area contributed by atoms with Crippen LogP contribution in [0.15, 0.2) is 53.5 Å². The Hall–Kier alpha value is -1.51. The normalized spacial score (nSPS) is 18.7. The molecule has 1 aliphatic heterocycles.